The van der Waals surface area contributed by atoms with Crippen LogP contribution >= 0.6 is 0 Å². The molecular weight excluding hydrogens is 327 g/mol. The van der Waals surface area contributed by atoms with Crippen LogP contribution in [0.2, 0.25) is 0 Å². The molecule has 118 valence electrons. The number of rotatable bonds is 6. The Morgan fingerprint density at radius 3 is 0.619 bits per heavy atom. The number of carboxylic acid groups (broad SMARTS) is 4. The van der Waals surface area contributed by atoms with E-state index in [1.807, 2.05) is 0 Å². The van der Waals surface area contributed by atoms with Gasteiger partial charge in [0, 0.05) is 0 Å². The van der Waals surface area contributed by atoms with E-state index in [2.05, 4.69) is 0 Å². The van der Waals surface area contributed by atoms with E-state index in [-0.39, 0.29) is 51.4 Å². The number of aliphatic hydroxyl groups is 4. The van der Waals surface area contributed by atoms with Gasteiger partial charge in [-0.05, 0) is 0 Å². The molecule has 0 aliphatic carbocycles. The maximum atomic E-state index is 9.77. The topological polar surface area (TPSA) is 230 Å². The molecule has 0 bridgehead atoms. The summed E-state index contributed by atoms with van der Waals surface area (Å²) in [5, 5.41) is 65.1. The van der Waals surface area contributed by atoms with Gasteiger partial charge < -0.3 is 40.9 Å². The molecule has 21 heavy (non-hydrogen) atoms. The van der Waals surface area contributed by atoms with E-state index in [1.54, 1.807) is 0 Å². The second kappa shape index (κ2) is 12.0. The van der Waals surface area contributed by atoms with Crippen molar-refractivity contribution in [2.45, 2.75) is 24.4 Å². The van der Waals surface area contributed by atoms with E-state index < -0.39 is 48.3 Å². The Morgan fingerprint density at radius 1 is 0.476 bits per heavy atom. The molecular formula is C8H13KO12. The molecule has 4 unspecified atom stereocenters. The average Bonchev–Trinajstić information content (AvgIpc) is 2.35. The quantitative estimate of drug-likeness (QED) is 0.213. The third-order valence-electron chi connectivity index (χ3n) is 1.61. The SMILES string of the molecule is O=C(O)C(O)C(O)C(=O)O.O=C(O)C(O)C(O)C(=O)O.[KH]. The number of hydrogen-bond donors (Lipinski definition) is 8. The number of carbonyl (C=O) groups is 4. The molecule has 8 N–H and O–H groups in total. The van der Waals surface area contributed by atoms with Gasteiger partial charge in [-0.1, -0.05) is 0 Å². The zero-order valence-electron chi connectivity index (χ0n) is 9.52. The zero-order valence-corrected chi connectivity index (χ0v) is 9.52. The van der Waals surface area contributed by atoms with Gasteiger partial charge in [0.2, 0.25) is 0 Å². The number of carboxylic acids is 4. The van der Waals surface area contributed by atoms with Crippen molar-refractivity contribution in [3.8, 4) is 0 Å². The van der Waals surface area contributed by atoms with Gasteiger partial charge >= 0.3 is 75.3 Å². The molecule has 0 radical (unpaired) electrons. The molecule has 0 saturated heterocycles. The van der Waals surface area contributed by atoms with E-state index in [0.717, 1.165) is 0 Å². The maximum absolute atomic E-state index is 9.77. The summed E-state index contributed by atoms with van der Waals surface area (Å²) in [5.74, 6) is -7.07. The average molecular weight is 340 g/mol. The first-order valence-corrected chi connectivity index (χ1v) is 4.57. The molecule has 4 atom stereocenters. The van der Waals surface area contributed by atoms with Gasteiger partial charge in [0.25, 0.3) is 0 Å². The third-order valence-corrected chi connectivity index (χ3v) is 1.61. The minimum absolute atomic E-state index is 0. The molecule has 0 aromatic rings. The Kier molecular flexibility index (Phi) is 14.4. The Labute approximate surface area is 158 Å². The van der Waals surface area contributed by atoms with Gasteiger partial charge in [0.15, 0.2) is 24.4 Å². The number of aliphatic carboxylic acids is 4. The van der Waals surface area contributed by atoms with E-state index in [0.29, 0.717) is 0 Å². The van der Waals surface area contributed by atoms with Gasteiger partial charge in [-0.15, -0.1) is 0 Å². The first-order valence-electron chi connectivity index (χ1n) is 4.57. The van der Waals surface area contributed by atoms with Crippen molar-refractivity contribution < 1.29 is 60.0 Å². The molecule has 0 amide bonds. The van der Waals surface area contributed by atoms with Gasteiger partial charge in [-0.2, -0.15) is 0 Å². The Hall–Kier alpha value is -0.644. The van der Waals surface area contributed by atoms with Crippen molar-refractivity contribution in [1.29, 1.82) is 0 Å². The monoisotopic (exact) mass is 340 g/mol. The normalized spacial score (nSPS) is 15.0. The van der Waals surface area contributed by atoms with Crippen LogP contribution in [0.5, 0.6) is 0 Å². The fourth-order valence-electron chi connectivity index (χ4n) is 0.540. The summed E-state index contributed by atoms with van der Waals surface area (Å²) in [6.45, 7) is 0. The van der Waals surface area contributed by atoms with Gasteiger partial charge in [-0.3, -0.25) is 0 Å². The number of hydrogen-bond acceptors (Lipinski definition) is 8. The van der Waals surface area contributed by atoms with Crippen LogP contribution in [-0.4, -0.2) is 141 Å². The van der Waals surface area contributed by atoms with Crippen molar-refractivity contribution in [2.24, 2.45) is 0 Å². The summed E-state index contributed by atoms with van der Waals surface area (Å²) in [6, 6.07) is 0. The van der Waals surface area contributed by atoms with Crippen LogP contribution in [0, 0.1) is 0 Å². The molecule has 0 aromatic heterocycles. The van der Waals surface area contributed by atoms with E-state index in [1.165, 1.54) is 0 Å². The Bertz CT molecular complexity index is 309. The van der Waals surface area contributed by atoms with Crippen molar-refractivity contribution in [2.75, 3.05) is 0 Å². The predicted molar refractivity (Wildman–Crippen MR) is 61.7 cm³/mol. The summed E-state index contributed by atoms with van der Waals surface area (Å²) < 4.78 is 0. The Morgan fingerprint density at radius 2 is 0.571 bits per heavy atom. The van der Waals surface area contributed by atoms with Crippen LogP contribution in [0.1, 0.15) is 0 Å². The molecule has 0 saturated carbocycles. The molecule has 0 aliphatic heterocycles. The van der Waals surface area contributed by atoms with E-state index in [4.69, 9.17) is 40.9 Å². The second-order valence-corrected chi connectivity index (χ2v) is 3.13. The minimum atomic E-state index is -2.27. The van der Waals surface area contributed by atoms with Crippen LogP contribution in [0.25, 0.3) is 0 Å². The van der Waals surface area contributed by atoms with Gasteiger partial charge in [-0.25, -0.2) is 19.2 Å². The van der Waals surface area contributed by atoms with Crippen molar-refractivity contribution in [3.05, 3.63) is 0 Å². The van der Waals surface area contributed by atoms with E-state index in [9.17, 15) is 19.2 Å². The van der Waals surface area contributed by atoms with Gasteiger partial charge in [0.05, 0.1) is 0 Å². The second-order valence-electron chi connectivity index (χ2n) is 3.13. The molecule has 0 aliphatic rings. The van der Waals surface area contributed by atoms with E-state index >= 15 is 0 Å². The first kappa shape index (κ1) is 25.3. The summed E-state index contributed by atoms with van der Waals surface area (Å²) in [6.07, 6.45) is -9.06. The fourth-order valence-corrected chi connectivity index (χ4v) is 0.540. The summed E-state index contributed by atoms with van der Waals surface area (Å²) in [5.41, 5.74) is 0. The fraction of sp³-hybridized carbons (Fsp3) is 0.500. The van der Waals surface area contributed by atoms with Crippen LogP contribution in [-0.2, 0) is 19.2 Å². The number of aliphatic hydroxyl groups excluding tert-OH is 4. The molecule has 0 aromatic carbocycles. The Balaban J connectivity index is -0.000000295. The van der Waals surface area contributed by atoms with Crippen LogP contribution in [0.4, 0.5) is 0 Å². The molecule has 0 spiro atoms. The summed E-state index contributed by atoms with van der Waals surface area (Å²) in [7, 11) is 0. The van der Waals surface area contributed by atoms with Crippen LogP contribution in [0.15, 0.2) is 0 Å². The molecule has 0 heterocycles. The molecule has 0 rings (SSSR count). The van der Waals surface area contributed by atoms with Crippen LogP contribution in [0.3, 0.4) is 0 Å². The molecule has 0 fully saturated rings. The third kappa shape index (κ3) is 10.7. The predicted octanol–water partition coefficient (Wildman–Crippen LogP) is -4.89. The van der Waals surface area contributed by atoms with Crippen LogP contribution < -0.4 is 0 Å². The molecule has 12 nitrogen and oxygen atoms in total. The van der Waals surface area contributed by atoms with Gasteiger partial charge in [0.1, 0.15) is 0 Å². The summed E-state index contributed by atoms with van der Waals surface area (Å²) in [4.78, 5) is 39.1. The standard InChI is InChI=1S/2C4H6O6.K.H/c2*5-1(3(7)8)2(6)4(9)10;;/h2*1-2,5-6H,(H,7,8)(H,9,10);;. The van der Waals surface area contributed by atoms with Crippen molar-refractivity contribution in [1.82, 2.24) is 0 Å². The van der Waals surface area contributed by atoms with Crippen molar-refractivity contribution >= 4 is 75.3 Å². The molecule has 13 heteroatoms. The summed E-state index contributed by atoms with van der Waals surface area (Å²) >= 11 is 0. The first-order chi connectivity index (χ1) is 8.93. The van der Waals surface area contributed by atoms with Crippen molar-refractivity contribution in [3.63, 3.8) is 0 Å². The zero-order chi connectivity index (χ0) is 16.6.